The van der Waals surface area contributed by atoms with Crippen molar-refractivity contribution in [3.63, 3.8) is 0 Å². The van der Waals surface area contributed by atoms with Crippen LogP contribution in [0, 0.1) is 19.7 Å². The molecule has 6 heteroatoms. The number of halogens is 2. The van der Waals surface area contributed by atoms with Gasteiger partial charge < -0.3 is 9.52 Å². The zero-order valence-electron chi connectivity index (χ0n) is 11.6. The lowest BCUT2D eigenvalue weighted by molar-refractivity contribution is -0.139. The van der Waals surface area contributed by atoms with E-state index in [1.165, 1.54) is 12.1 Å². The van der Waals surface area contributed by atoms with E-state index < -0.39 is 17.8 Å². The van der Waals surface area contributed by atoms with Crippen LogP contribution in [0.3, 0.4) is 0 Å². The van der Waals surface area contributed by atoms with Crippen molar-refractivity contribution in [2.24, 2.45) is 0 Å². The van der Waals surface area contributed by atoms with Gasteiger partial charge in [-0.2, -0.15) is 0 Å². The van der Waals surface area contributed by atoms with Gasteiger partial charge in [0.1, 0.15) is 23.4 Å². The molecular weight excluding hydrogens is 297 g/mol. The molecule has 0 aliphatic rings. The summed E-state index contributed by atoms with van der Waals surface area (Å²) in [5, 5.41) is 12.1. The number of aliphatic carboxylic acids is 1. The Morgan fingerprint density at radius 3 is 2.67 bits per heavy atom. The topological polar surface area (TPSA) is 62.5 Å². The molecule has 0 aliphatic heterocycles. The molecule has 0 bridgehead atoms. The van der Waals surface area contributed by atoms with Crippen molar-refractivity contribution in [3.05, 3.63) is 57.8 Å². The number of rotatable bonds is 5. The van der Waals surface area contributed by atoms with E-state index in [0.29, 0.717) is 12.1 Å². The lowest BCUT2D eigenvalue weighted by Gasteiger charge is -2.15. The second-order valence-corrected chi connectivity index (χ2v) is 5.17. The molecule has 21 heavy (non-hydrogen) atoms. The molecule has 1 heterocycles. The van der Waals surface area contributed by atoms with Gasteiger partial charge in [-0.25, -0.2) is 4.39 Å². The first kappa shape index (κ1) is 15.5. The lowest BCUT2D eigenvalue weighted by atomic mass is 10.1. The highest BCUT2D eigenvalue weighted by atomic mass is 35.5. The monoisotopic (exact) mass is 311 g/mol. The van der Waals surface area contributed by atoms with E-state index in [1.54, 1.807) is 0 Å². The Labute approximate surface area is 126 Å². The Balaban J connectivity index is 2.18. The van der Waals surface area contributed by atoms with Crippen LogP contribution >= 0.6 is 11.6 Å². The molecule has 112 valence electrons. The molecule has 1 aromatic carbocycles. The molecule has 0 radical (unpaired) electrons. The van der Waals surface area contributed by atoms with Crippen molar-refractivity contribution in [2.75, 3.05) is 0 Å². The van der Waals surface area contributed by atoms with Crippen LogP contribution in [-0.2, 0) is 11.3 Å². The van der Waals surface area contributed by atoms with Gasteiger partial charge in [0.15, 0.2) is 0 Å². The van der Waals surface area contributed by atoms with Gasteiger partial charge in [0.2, 0.25) is 0 Å². The SMILES string of the molecule is Cc1cc(CNC(C(=O)O)c2ccc(F)c(Cl)c2)c(C)o1. The molecule has 1 atom stereocenters. The smallest absolute Gasteiger partial charge is 0.325 e. The summed E-state index contributed by atoms with van der Waals surface area (Å²) in [5.74, 6) is -0.135. The van der Waals surface area contributed by atoms with Gasteiger partial charge in [0.05, 0.1) is 5.02 Å². The zero-order chi connectivity index (χ0) is 15.6. The number of carboxylic acid groups (broad SMARTS) is 1. The number of hydrogen-bond donors (Lipinski definition) is 2. The average Bonchev–Trinajstić information content (AvgIpc) is 2.72. The van der Waals surface area contributed by atoms with Crippen molar-refractivity contribution in [1.82, 2.24) is 5.32 Å². The van der Waals surface area contributed by atoms with Crippen LogP contribution in [0.2, 0.25) is 5.02 Å². The highest BCUT2D eigenvalue weighted by Gasteiger charge is 2.21. The first-order valence-corrected chi connectivity index (χ1v) is 6.73. The Morgan fingerprint density at radius 2 is 2.14 bits per heavy atom. The summed E-state index contributed by atoms with van der Waals surface area (Å²) in [4.78, 5) is 11.4. The van der Waals surface area contributed by atoms with E-state index in [2.05, 4.69) is 5.32 Å². The van der Waals surface area contributed by atoms with E-state index in [0.717, 1.165) is 23.2 Å². The molecule has 1 unspecified atom stereocenters. The first-order chi connectivity index (χ1) is 9.88. The molecule has 1 aromatic heterocycles. The van der Waals surface area contributed by atoms with E-state index in [9.17, 15) is 14.3 Å². The largest absolute Gasteiger partial charge is 0.480 e. The van der Waals surface area contributed by atoms with Crippen LogP contribution < -0.4 is 5.32 Å². The van der Waals surface area contributed by atoms with Gasteiger partial charge >= 0.3 is 5.97 Å². The highest BCUT2D eigenvalue weighted by molar-refractivity contribution is 6.30. The fourth-order valence-electron chi connectivity index (χ4n) is 2.11. The minimum absolute atomic E-state index is 0.101. The molecule has 0 fully saturated rings. The van der Waals surface area contributed by atoms with Crippen LogP contribution in [0.4, 0.5) is 4.39 Å². The Morgan fingerprint density at radius 1 is 1.43 bits per heavy atom. The second-order valence-electron chi connectivity index (χ2n) is 4.76. The molecular formula is C15H15ClFNO3. The normalized spacial score (nSPS) is 12.4. The zero-order valence-corrected chi connectivity index (χ0v) is 12.4. The summed E-state index contributed by atoms with van der Waals surface area (Å²) >= 11 is 5.70. The van der Waals surface area contributed by atoms with Gasteiger partial charge in [-0.05, 0) is 37.6 Å². The minimum atomic E-state index is -1.06. The molecule has 2 aromatic rings. The molecule has 0 saturated carbocycles. The summed E-state index contributed by atoms with van der Waals surface area (Å²) in [6.07, 6.45) is 0. The van der Waals surface area contributed by atoms with E-state index in [-0.39, 0.29) is 5.02 Å². The summed E-state index contributed by atoms with van der Waals surface area (Å²) in [6.45, 7) is 3.97. The minimum Gasteiger partial charge on any atom is -0.480 e. The Hall–Kier alpha value is -1.85. The number of carboxylic acids is 1. The number of carbonyl (C=O) groups is 1. The molecule has 0 saturated heterocycles. The third kappa shape index (κ3) is 3.62. The summed E-state index contributed by atoms with van der Waals surface area (Å²) in [6, 6.07) is 4.75. The maximum absolute atomic E-state index is 13.2. The first-order valence-electron chi connectivity index (χ1n) is 6.35. The van der Waals surface area contributed by atoms with Crippen LogP contribution in [0.25, 0.3) is 0 Å². The van der Waals surface area contributed by atoms with Crippen molar-refractivity contribution >= 4 is 17.6 Å². The predicted molar refractivity (Wildman–Crippen MR) is 76.8 cm³/mol. The third-order valence-electron chi connectivity index (χ3n) is 3.16. The van der Waals surface area contributed by atoms with Crippen LogP contribution in [-0.4, -0.2) is 11.1 Å². The number of nitrogens with one attached hydrogen (secondary N) is 1. The summed E-state index contributed by atoms with van der Waals surface area (Å²) < 4.78 is 18.5. The van der Waals surface area contributed by atoms with E-state index in [4.69, 9.17) is 16.0 Å². The van der Waals surface area contributed by atoms with Crippen LogP contribution in [0.15, 0.2) is 28.7 Å². The predicted octanol–water partition coefficient (Wildman–Crippen LogP) is 3.60. The number of benzene rings is 1. The fourth-order valence-corrected chi connectivity index (χ4v) is 2.30. The quantitative estimate of drug-likeness (QED) is 0.885. The standard InChI is InChI=1S/C15H15ClFNO3/c1-8-5-11(9(2)21-8)7-18-14(15(19)20)10-3-4-13(17)12(16)6-10/h3-6,14,18H,7H2,1-2H3,(H,19,20). The van der Waals surface area contributed by atoms with Gasteiger partial charge in [0.25, 0.3) is 0 Å². The van der Waals surface area contributed by atoms with Gasteiger partial charge in [0, 0.05) is 12.1 Å². The van der Waals surface area contributed by atoms with Crippen molar-refractivity contribution in [2.45, 2.75) is 26.4 Å². The van der Waals surface area contributed by atoms with Crippen molar-refractivity contribution in [1.29, 1.82) is 0 Å². The molecule has 0 aliphatic carbocycles. The van der Waals surface area contributed by atoms with Crippen molar-refractivity contribution < 1.29 is 18.7 Å². The van der Waals surface area contributed by atoms with Gasteiger partial charge in [-0.15, -0.1) is 0 Å². The summed E-state index contributed by atoms with van der Waals surface area (Å²) in [7, 11) is 0. The Bertz CT molecular complexity index is 669. The van der Waals surface area contributed by atoms with E-state index >= 15 is 0 Å². The average molecular weight is 312 g/mol. The lowest BCUT2D eigenvalue weighted by Crippen LogP contribution is -2.28. The molecule has 0 spiro atoms. The number of aryl methyl sites for hydroxylation is 2. The van der Waals surface area contributed by atoms with Gasteiger partial charge in [-0.3, -0.25) is 10.1 Å². The molecule has 4 nitrogen and oxygen atoms in total. The van der Waals surface area contributed by atoms with Crippen LogP contribution in [0.1, 0.15) is 28.7 Å². The maximum atomic E-state index is 13.2. The molecule has 2 rings (SSSR count). The maximum Gasteiger partial charge on any atom is 0.325 e. The Kier molecular flexibility index (Phi) is 4.65. The number of hydrogen-bond acceptors (Lipinski definition) is 3. The second kappa shape index (κ2) is 6.28. The van der Waals surface area contributed by atoms with Crippen molar-refractivity contribution in [3.8, 4) is 0 Å². The van der Waals surface area contributed by atoms with Gasteiger partial charge in [-0.1, -0.05) is 17.7 Å². The number of furan rings is 1. The van der Waals surface area contributed by atoms with Crippen LogP contribution in [0.5, 0.6) is 0 Å². The molecule has 0 amide bonds. The highest BCUT2D eigenvalue weighted by Crippen LogP contribution is 2.22. The fraction of sp³-hybridized carbons (Fsp3) is 0.267. The van der Waals surface area contributed by atoms with E-state index in [1.807, 2.05) is 19.9 Å². The summed E-state index contributed by atoms with van der Waals surface area (Å²) in [5.41, 5.74) is 1.28. The molecule has 2 N–H and O–H groups in total. The third-order valence-corrected chi connectivity index (χ3v) is 3.45.